The number of hydrogen-bond donors (Lipinski definition) is 0. The minimum absolute atomic E-state index is 0.123. The van der Waals surface area contributed by atoms with E-state index in [4.69, 9.17) is 14.2 Å². The molecule has 0 aromatic rings. The molecule has 0 bridgehead atoms. The van der Waals surface area contributed by atoms with E-state index in [2.05, 4.69) is 130 Å². The molecule has 0 saturated heterocycles. The van der Waals surface area contributed by atoms with E-state index in [-0.39, 0.29) is 44.0 Å². The van der Waals surface area contributed by atoms with Crippen molar-refractivity contribution in [1.82, 2.24) is 0 Å². The Labute approximate surface area is 387 Å². The normalized spacial score (nSPS) is 13.0. The average Bonchev–Trinajstić information content (AvgIpc) is 3.28. The first-order valence-electron chi connectivity index (χ1n) is 25.4. The van der Waals surface area contributed by atoms with Crippen LogP contribution in [0.1, 0.15) is 213 Å². The fourth-order valence-corrected chi connectivity index (χ4v) is 6.41. The van der Waals surface area contributed by atoms with Gasteiger partial charge < -0.3 is 14.2 Å². The highest BCUT2D eigenvalue weighted by atomic mass is 16.6. The maximum Gasteiger partial charge on any atom is 0.306 e. The van der Waals surface area contributed by atoms with Crippen molar-refractivity contribution in [2.75, 3.05) is 13.2 Å². The third-order valence-electron chi connectivity index (χ3n) is 10.2. The number of carbonyl (C=O) groups is 3. The summed E-state index contributed by atoms with van der Waals surface area (Å²) in [5, 5.41) is 0. The quantitative estimate of drug-likeness (QED) is 0.0263. The summed E-state index contributed by atoms with van der Waals surface area (Å²) in [4.78, 5) is 37.9. The van der Waals surface area contributed by atoms with Gasteiger partial charge in [-0.05, 0) is 109 Å². The summed E-state index contributed by atoms with van der Waals surface area (Å²) in [5.41, 5.74) is 0. The average molecular weight is 873 g/mol. The van der Waals surface area contributed by atoms with Gasteiger partial charge in [0.15, 0.2) is 6.10 Å². The molecule has 1 atom stereocenters. The smallest absolute Gasteiger partial charge is 0.306 e. The van der Waals surface area contributed by atoms with Gasteiger partial charge in [0.2, 0.25) is 0 Å². The van der Waals surface area contributed by atoms with Gasteiger partial charge in [0, 0.05) is 19.3 Å². The molecule has 0 unspecified atom stereocenters. The number of allylic oxidation sites excluding steroid dienone is 18. The molecular weight excluding hydrogens is 781 g/mol. The molecule has 6 heteroatoms. The molecule has 0 N–H and O–H groups in total. The van der Waals surface area contributed by atoms with Gasteiger partial charge in [-0.3, -0.25) is 14.4 Å². The zero-order valence-electron chi connectivity index (χ0n) is 40.5. The second-order valence-corrected chi connectivity index (χ2v) is 16.3. The summed E-state index contributed by atoms with van der Waals surface area (Å²) in [6, 6.07) is 0. The van der Waals surface area contributed by atoms with Gasteiger partial charge in [0.1, 0.15) is 13.2 Å². The Bertz CT molecular complexity index is 1330. The molecule has 0 fully saturated rings. The lowest BCUT2D eigenvalue weighted by molar-refractivity contribution is -0.167. The van der Waals surface area contributed by atoms with Crippen LogP contribution in [0.3, 0.4) is 0 Å². The lowest BCUT2D eigenvalue weighted by atomic mass is 10.1. The van der Waals surface area contributed by atoms with Crippen LogP contribution in [0.25, 0.3) is 0 Å². The first-order chi connectivity index (χ1) is 31.0. The predicted octanol–water partition coefficient (Wildman–Crippen LogP) is 16.8. The van der Waals surface area contributed by atoms with Crippen molar-refractivity contribution in [1.29, 1.82) is 0 Å². The summed E-state index contributed by atoms with van der Waals surface area (Å²) < 4.78 is 16.7. The van der Waals surface area contributed by atoms with Gasteiger partial charge in [0.05, 0.1) is 0 Å². The van der Waals surface area contributed by atoms with Gasteiger partial charge >= 0.3 is 17.9 Å². The van der Waals surface area contributed by atoms with Gasteiger partial charge in [-0.15, -0.1) is 0 Å². The fraction of sp³-hybridized carbons (Fsp3) is 0.632. The van der Waals surface area contributed by atoms with Crippen LogP contribution in [0, 0.1) is 0 Å². The highest BCUT2D eigenvalue weighted by Gasteiger charge is 2.19. The Hall–Kier alpha value is -3.93. The van der Waals surface area contributed by atoms with E-state index in [0.717, 1.165) is 89.9 Å². The minimum Gasteiger partial charge on any atom is -0.462 e. The number of hydrogen-bond acceptors (Lipinski definition) is 6. The molecule has 0 amide bonds. The molecule has 0 heterocycles. The molecule has 0 radical (unpaired) electrons. The second kappa shape index (κ2) is 50.7. The highest BCUT2D eigenvalue weighted by Crippen LogP contribution is 2.11. The molecule has 0 spiro atoms. The molecule has 0 aromatic carbocycles. The van der Waals surface area contributed by atoms with E-state index >= 15 is 0 Å². The van der Waals surface area contributed by atoms with Crippen LogP contribution in [0.4, 0.5) is 0 Å². The Morgan fingerprint density at radius 3 is 1.10 bits per heavy atom. The molecule has 0 aliphatic carbocycles. The van der Waals surface area contributed by atoms with Crippen molar-refractivity contribution < 1.29 is 28.6 Å². The largest absolute Gasteiger partial charge is 0.462 e. The van der Waals surface area contributed by atoms with Crippen LogP contribution < -0.4 is 0 Å². The molecule has 356 valence electrons. The van der Waals surface area contributed by atoms with E-state index < -0.39 is 6.10 Å². The molecule has 6 nitrogen and oxygen atoms in total. The summed E-state index contributed by atoms with van der Waals surface area (Å²) in [6.45, 7) is 6.36. The maximum absolute atomic E-state index is 12.8. The van der Waals surface area contributed by atoms with Crippen LogP contribution in [0.15, 0.2) is 109 Å². The second-order valence-electron chi connectivity index (χ2n) is 16.3. The first kappa shape index (κ1) is 59.1. The van der Waals surface area contributed by atoms with E-state index in [1.165, 1.54) is 70.6 Å². The standard InChI is InChI=1S/C57H92O6/c1-4-7-10-13-16-19-22-24-26-28-30-32-35-38-41-44-47-50-56(59)62-53-54(52-61-55(58)49-46-43-40-37-34-21-18-15-12-9-6-3)63-57(60)51-48-45-42-39-36-33-31-29-27-25-23-20-17-14-11-8-5-2/h8,11,15,17-18,20,24-27,30-33,38-39,41-42,54H,4-7,9-10,12-14,16,19,21-23,28-29,34-37,40,43-53H2,1-3H3/b11-8-,18-15-,20-17-,26-24-,27-25-,32-30-,33-31-,41-38-,42-39-/t54-/m0/s1. The number of ether oxygens (including phenoxy) is 3. The highest BCUT2D eigenvalue weighted by molar-refractivity contribution is 5.71. The molecule has 0 aromatic heterocycles. The zero-order chi connectivity index (χ0) is 45.8. The Kier molecular flexibility index (Phi) is 47.5. The lowest BCUT2D eigenvalue weighted by Gasteiger charge is -2.18. The Morgan fingerprint density at radius 1 is 0.333 bits per heavy atom. The van der Waals surface area contributed by atoms with Crippen molar-refractivity contribution in [3.05, 3.63) is 109 Å². The Balaban J connectivity index is 4.57. The number of unbranched alkanes of at least 4 members (excludes halogenated alkanes) is 15. The van der Waals surface area contributed by atoms with Crippen molar-refractivity contribution in [3.8, 4) is 0 Å². The van der Waals surface area contributed by atoms with E-state index in [0.29, 0.717) is 19.3 Å². The summed E-state index contributed by atoms with van der Waals surface area (Å²) in [7, 11) is 0. The lowest BCUT2D eigenvalue weighted by Crippen LogP contribution is -2.30. The zero-order valence-corrected chi connectivity index (χ0v) is 40.5. The summed E-state index contributed by atoms with van der Waals surface area (Å²) in [5.74, 6) is -1.05. The van der Waals surface area contributed by atoms with Gasteiger partial charge in [0.25, 0.3) is 0 Å². The molecule has 0 aliphatic rings. The van der Waals surface area contributed by atoms with E-state index in [1.54, 1.807) is 0 Å². The van der Waals surface area contributed by atoms with Crippen LogP contribution >= 0.6 is 0 Å². The fourth-order valence-electron chi connectivity index (χ4n) is 6.41. The van der Waals surface area contributed by atoms with Crippen LogP contribution in [0.2, 0.25) is 0 Å². The van der Waals surface area contributed by atoms with Crippen LogP contribution in [0.5, 0.6) is 0 Å². The SMILES string of the molecule is CC/C=C\C/C=C\C/C=C\C/C=C\C/C=C\CCCC(=O)O[C@H](COC(=O)CCC/C=C\C/C=C\C/C=C\CCCCCCCC)COC(=O)CCCCCCC/C=C\CCCC. The Morgan fingerprint density at radius 2 is 0.651 bits per heavy atom. The van der Waals surface area contributed by atoms with Crippen molar-refractivity contribution in [2.45, 2.75) is 219 Å². The van der Waals surface area contributed by atoms with E-state index in [9.17, 15) is 14.4 Å². The predicted molar refractivity (Wildman–Crippen MR) is 270 cm³/mol. The molecule has 0 saturated carbocycles. The summed E-state index contributed by atoms with van der Waals surface area (Å²) >= 11 is 0. The number of carbonyl (C=O) groups excluding carboxylic acids is 3. The number of esters is 3. The molecule has 63 heavy (non-hydrogen) atoms. The van der Waals surface area contributed by atoms with Gasteiger partial charge in [-0.2, -0.15) is 0 Å². The minimum atomic E-state index is -0.832. The first-order valence-corrected chi connectivity index (χ1v) is 25.4. The molecule has 0 rings (SSSR count). The third-order valence-corrected chi connectivity index (χ3v) is 10.2. The van der Waals surface area contributed by atoms with Crippen LogP contribution in [-0.2, 0) is 28.6 Å². The topological polar surface area (TPSA) is 78.9 Å². The maximum atomic E-state index is 12.8. The van der Waals surface area contributed by atoms with Crippen molar-refractivity contribution >= 4 is 17.9 Å². The van der Waals surface area contributed by atoms with Crippen LogP contribution in [-0.4, -0.2) is 37.2 Å². The molecule has 0 aliphatic heterocycles. The van der Waals surface area contributed by atoms with Crippen molar-refractivity contribution in [3.63, 3.8) is 0 Å². The summed E-state index contributed by atoms with van der Waals surface area (Å²) in [6.07, 6.45) is 68.0. The van der Waals surface area contributed by atoms with E-state index in [1.807, 2.05) is 0 Å². The van der Waals surface area contributed by atoms with Gasteiger partial charge in [-0.25, -0.2) is 0 Å². The third kappa shape index (κ3) is 49.0. The molecular formula is C57H92O6. The van der Waals surface area contributed by atoms with Gasteiger partial charge in [-0.1, -0.05) is 194 Å². The number of rotatable bonds is 44. The monoisotopic (exact) mass is 873 g/mol. The van der Waals surface area contributed by atoms with Crippen molar-refractivity contribution in [2.24, 2.45) is 0 Å².